The molecule has 1 aliphatic rings. The molecule has 1 aliphatic heterocycles. The largest absolute Gasteiger partial charge is 0.503 e. The van der Waals surface area contributed by atoms with Crippen LogP contribution in [0.15, 0.2) is 35.6 Å². The van der Waals surface area contributed by atoms with Crippen molar-refractivity contribution in [3.8, 4) is 0 Å². The maximum absolute atomic E-state index is 12.9. The van der Waals surface area contributed by atoms with Crippen molar-refractivity contribution in [2.45, 2.75) is 13.0 Å². The van der Waals surface area contributed by atoms with E-state index < -0.39 is 23.5 Å². The first-order valence-electron chi connectivity index (χ1n) is 5.40. The van der Waals surface area contributed by atoms with Gasteiger partial charge in [-0.15, -0.1) is 0 Å². The molecule has 0 radical (unpaired) electrons. The Kier molecular flexibility index (Phi) is 2.90. The molecule has 18 heavy (non-hydrogen) atoms. The average molecular weight is 249 g/mol. The number of nitrogens with zero attached hydrogens (tertiary/aromatic N) is 1. The zero-order valence-electron chi connectivity index (χ0n) is 9.98. The van der Waals surface area contributed by atoms with Gasteiger partial charge in [0, 0.05) is 7.05 Å². The Morgan fingerprint density at radius 3 is 2.39 bits per heavy atom. The zero-order chi connectivity index (χ0) is 13.4. The molecule has 0 aliphatic carbocycles. The van der Waals surface area contributed by atoms with Crippen molar-refractivity contribution in [3.05, 3.63) is 47.0 Å². The zero-order valence-corrected chi connectivity index (χ0v) is 9.98. The number of hydrogen-bond donors (Lipinski definition) is 1. The number of halogens is 1. The van der Waals surface area contributed by atoms with Crippen LogP contribution in [0, 0.1) is 5.82 Å². The second kappa shape index (κ2) is 4.25. The van der Waals surface area contributed by atoms with Gasteiger partial charge in [0.25, 0.3) is 5.91 Å². The molecule has 1 unspecified atom stereocenters. The number of carbonyl (C=O) groups excluding carboxylic acids is 2. The predicted octanol–water partition coefficient (Wildman–Crippen LogP) is 1.74. The molecule has 0 saturated heterocycles. The molecule has 5 heteroatoms. The van der Waals surface area contributed by atoms with Gasteiger partial charge in [-0.05, 0) is 24.6 Å². The molecule has 2 rings (SSSR count). The van der Waals surface area contributed by atoms with Crippen LogP contribution >= 0.6 is 0 Å². The number of ketones is 1. The van der Waals surface area contributed by atoms with E-state index in [2.05, 4.69) is 0 Å². The van der Waals surface area contributed by atoms with Gasteiger partial charge in [-0.1, -0.05) is 12.1 Å². The third-order valence-corrected chi connectivity index (χ3v) is 3.00. The Morgan fingerprint density at radius 2 is 1.89 bits per heavy atom. The highest BCUT2D eigenvalue weighted by molar-refractivity contribution is 6.07. The maximum Gasteiger partial charge on any atom is 0.289 e. The van der Waals surface area contributed by atoms with Gasteiger partial charge in [0.2, 0.25) is 0 Å². The molecule has 1 aromatic rings. The Hall–Kier alpha value is -2.17. The molecule has 94 valence electrons. The van der Waals surface area contributed by atoms with Crippen molar-refractivity contribution in [1.29, 1.82) is 0 Å². The van der Waals surface area contributed by atoms with E-state index in [1.54, 1.807) is 0 Å². The van der Waals surface area contributed by atoms with Crippen LogP contribution in [0.25, 0.3) is 0 Å². The normalized spacial score (nSPS) is 19.6. The summed E-state index contributed by atoms with van der Waals surface area (Å²) < 4.78 is 12.9. The minimum atomic E-state index is -0.657. The molecule has 0 fully saturated rings. The Balaban J connectivity index is 2.52. The quantitative estimate of drug-likeness (QED) is 0.868. The number of aliphatic hydroxyl groups is 1. The summed E-state index contributed by atoms with van der Waals surface area (Å²) in [6, 6.07) is 4.83. The van der Waals surface area contributed by atoms with Crippen LogP contribution in [-0.2, 0) is 9.59 Å². The lowest BCUT2D eigenvalue weighted by Gasteiger charge is -2.21. The minimum absolute atomic E-state index is 0.0501. The maximum atomic E-state index is 12.9. The summed E-state index contributed by atoms with van der Waals surface area (Å²) in [6.07, 6.45) is 0. The van der Waals surface area contributed by atoms with Crippen LogP contribution in [0.3, 0.4) is 0 Å². The molecule has 0 spiro atoms. The van der Waals surface area contributed by atoms with Crippen molar-refractivity contribution in [3.63, 3.8) is 0 Å². The Labute approximate surface area is 103 Å². The van der Waals surface area contributed by atoms with Crippen molar-refractivity contribution in [1.82, 2.24) is 4.90 Å². The lowest BCUT2D eigenvalue weighted by molar-refractivity contribution is -0.128. The summed E-state index contributed by atoms with van der Waals surface area (Å²) in [5.41, 5.74) is 0.635. The molecule has 1 amide bonds. The van der Waals surface area contributed by atoms with Gasteiger partial charge < -0.3 is 10.0 Å². The molecule has 1 heterocycles. The molecule has 0 aromatic heterocycles. The highest BCUT2D eigenvalue weighted by atomic mass is 19.1. The van der Waals surface area contributed by atoms with Crippen LogP contribution in [0.5, 0.6) is 0 Å². The number of benzene rings is 1. The van der Waals surface area contributed by atoms with Gasteiger partial charge in [-0.2, -0.15) is 0 Å². The Bertz CT molecular complexity index is 548. The molecular formula is C13H12FNO3. The van der Waals surface area contributed by atoms with Gasteiger partial charge in [-0.3, -0.25) is 9.59 Å². The first-order valence-corrected chi connectivity index (χ1v) is 5.40. The van der Waals surface area contributed by atoms with E-state index in [4.69, 9.17) is 0 Å². The van der Waals surface area contributed by atoms with E-state index in [1.807, 2.05) is 0 Å². The first-order chi connectivity index (χ1) is 8.43. The summed E-state index contributed by atoms with van der Waals surface area (Å²) in [4.78, 5) is 24.5. The molecule has 0 saturated carbocycles. The molecule has 0 bridgehead atoms. The average Bonchev–Trinajstić information content (AvgIpc) is 2.55. The standard InChI is InChI=1S/C13H12FNO3/c1-7(16)10-11(15(2)13(18)12(10)17)8-3-5-9(14)6-4-8/h3-6,11,17H,1-2H3. The van der Waals surface area contributed by atoms with Gasteiger partial charge in [0.05, 0.1) is 11.6 Å². The molecule has 1 N–H and O–H groups in total. The monoisotopic (exact) mass is 249 g/mol. The fourth-order valence-corrected chi connectivity index (χ4v) is 2.12. The third kappa shape index (κ3) is 1.77. The van der Waals surface area contributed by atoms with Gasteiger partial charge in [0.1, 0.15) is 5.82 Å². The number of likely N-dealkylation sites (N-methyl/N-ethyl adjacent to an activating group) is 1. The predicted molar refractivity (Wildman–Crippen MR) is 62.2 cm³/mol. The van der Waals surface area contributed by atoms with E-state index in [1.165, 1.54) is 43.1 Å². The van der Waals surface area contributed by atoms with Crippen molar-refractivity contribution in [2.75, 3.05) is 7.05 Å². The van der Waals surface area contributed by atoms with Gasteiger partial charge >= 0.3 is 0 Å². The van der Waals surface area contributed by atoms with Crippen molar-refractivity contribution < 1.29 is 19.1 Å². The molecule has 1 aromatic carbocycles. The van der Waals surface area contributed by atoms with Gasteiger partial charge in [0.15, 0.2) is 11.5 Å². The molecule has 4 nitrogen and oxygen atoms in total. The lowest BCUT2D eigenvalue weighted by atomic mass is 9.97. The summed E-state index contributed by atoms with van der Waals surface area (Å²) >= 11 is 0. The van der Waals surface area contributed by atoms with E-state index in [-0.39, 0.29) is 11.4 Å². The summed E-state index contributed by atoms with van der Waals surface area (Å²) in [7, 11) is 1.49. The topological polar surface area (TPSA) is 57.6 Å². The number of aliphatic hydroxyl groups excluding tert-OH is 1. The number of Topliss-reactive ketones (excluding diaryl/α,β-unsaturated/α-hetero) is 1. The second-order valence-electron chi connectivity index (χ2n) is 4.19. The van der Waals surface area contributed by atoms with Crippen molar-refractivity contribution >= 4 is 11.7 Å². The van der Waals surface area contributed by atoms with Crippen LogP contribution in [0.4, 0.5) is 4.39 Å². The van der Waals surface area contributed by atoms with E-state index in [9.17, 15) is 19.1 Å². The van der Waals surface area contributed by atoms with E-state index in [0.29, 0.717) is 5.56 Å². The number of carbonyl (C=O) groups is 2. The summed E-state index contributed by atoms with van der Waals surface area (Å²) in [5, 5.41) is 9.68. The third-order valence-electron chi connectivity index (χ3n) is 3.00. The van der Waals surface area contributed by atoms with Crippen LogP contribution in [-0.4, -0.2) is 28.7 Å². The SMILES string of the molecule is CC(=O)C1=C(O)C(=O)N(C)C1c1ccc(F)cc1. The van der Waals surface area contributed by atoms with E-state index >= 15 is 0 Å². The minimum Gasteiger partial charge on any atom is -0.503 e. The second-order valence-corrected chi connectivity index (χ2v) is 4.19. The fraction of sp³-hybridized carbons (Fsp3) is 0.231. The molecular weight excluding hydrogens is 237 g/mol. The number of rotatable bonds is 2. The number of hydrogen-bond acceptors (Lipinski definition) is 3. The number of amides is 1. The van der Waals surface area contributed by atoms with Gasteiger partial charge in [-0.25, -0.2) is 4.39 Å². The van der Waals surface area contributed by atoms with E-state index in [0.717, 1.165) is 0 Å². The fourth-order valence-electron chi connectivity index (χ4n) is 2.12. The molecule has 1 atom stereocenters. The Morgan fingerprint density at radius 1 is 1.33 bits per heavy atom. The smallest absolute Gasteiger partial charge is 0.289 e. The summed E-state index contributed by atoms with van der Waals surface area (Å²) in [6.45, 7) is 1.29. The van der Waals surface area contributed by atoms with Crippen molar-refractivity contribution in [2.24, 2.45) is 0 Å². The van der Waals surface area contributed by atoms with Crippen LogP contribution in [0.2, 0.25) is 0 Å². The lowest BCUT2D eigenvalue weighted by Crippen LogP contribution is -2.26. The van der Waals surface area contributed by atoms with Crippen LogP contribution < -0.4 is 0 Å². The highest BCUT2D eigenvalue weighted by Crippen LogP contribution is 2.36. The first kappa shape index (κ1) is 12.3. The summed E-state index contributed by atoms with van der Waals surface area (Å²) in [5.74, 6) is -1.91. The highest BCUT2D eigenvalue weighted by Gasteiger charge is 2.40. The van der Waals surface area contributed by atoms with Crippen LogP contribution in [0.1, 0.15) is 18.5 Å².